The molecule has 1 N–H and O–H groups in total. The van der Waals surface area contributed by atoms with Gasteiger partial charge in [0.15, 0.2) is 11.5 Å². The molecule has 0 saturated heterocycles. The predicted octanol–water partition coefficient (Wildman–Crippen LogP) is 5.42. The number of ether oxygens (including phenoxy) is 4. The monoisotopic (exact) mass is 624 g/mol. The topological polar surface area (TPSA) is 78.4 Å². The van der Waals surface area contributed by atoms with Crippen LogP contribution in [0.15, 0.2) is 64.2 Å². The van der Waals surface area contributed by atoms with E-state index in [1.165, 1.54) is 14.2 Å². The highest BCUT2D eigenvalue weighted by atomic mass is 127. The van der Waals surface area contributed by atoms with Crippen molar-refractivity contribution in [3.05, 3.63) is 79.3 Å². The third-order valence-electron chi connectivity index (χ3n) is 4.54. The lowest BCUT2D eigenvalue weighted by molar-refractivity contribution is 0.0954. The Morgan fingerprint density at radius 2 is 1.67 bits per heavy atom. The summed E-state index contributed by atoms with van der Waals surface area (Å²) in [7, 11) is 4.63. The molecule has 0 spiro atoms. The summed E-state index contributed by atoms with van der Waals surface area (Å²) in [6.45, 7) is 0.410. The number of amides is 1. The molecule has 1 amide bonds. The van der Waals surface area contributed by atoms with Gasteiger partial charge in [-0.3, -0.25) is 4.79 Å². The van der Waals surface area contributed by atoms with Crippen LogP contribution < -0.4 is 24.4 Å². The van der Waals surface area contributed by atoms with Gasteiger partial charge in [0, 0.05) is 16.1 Å². The SMILES string of the molecule is COc1cc(OC)cc(C(=O)N/N=C\c2cc(I)c(OCc3ccc(Br)cc3)c(OC)c2)c1. The summed E-state index contributed by atoms with van der Waals surface area (Å²) in [5.74, 6) is 1.86. The van der Waals surface area contributed by atoms with Gasteiger partial charge in [0.25, 0.3) is 5.91 Å². The molecule has 9 heteroatoms. The number of nitrogens with zero attached hydrogens (tertiary/aromatic N) is 1. The van der Waals surface area contributed by atoms with Crippen molar-refractivity contribution in [2.45, 2.75) is 6.61 Å². The lowest BCUT2D eigenvalue weighted by Crippen LogP contribution is -2.17. The van der Waals surface area contributed by atoms with Crippen LogP contribution in [0, 0.1) is 3.57 Å². The van der Waals surface area contributed by atoms with Crippen LogP contribution in [0.25, 0.3) is 0 Å². The third-order valence-corrected chi connectivity index (χ3v) is 5.87. The van der Waals surface area contributed by atoms with Crippen LogP contribution in [-0.2, 0) is 6.61 Å². The Morgan fingerprint density at radius 1 is 1.00 bits per heavy atom. The molecule has 33 heavy (non-hydrogen) atoms. The standard InChI is InChI=1S/C24H22BrIN2O5/c1-30-19-10-17(11-20(12-19)31-2)24(29)28-27-13-16-8-21(26)23(22(9-16)32-3)33-14-15-4-6-18(25)7-5-15/h4-13H,14H2,1-3H3,(H,28,29)/b27-13-. The van der Waals surface area contributed by atoms with Crippen molar-refractivity contribution in [1.29, 1.82) is 0 Å². The first-order valence-electron chi connectivity index (χ1n) is 9.74. The molecule has 0 unspecified atom stereocenters. The van der Waals surface area contributed by atoms with Crippen molar-refractivity contribution in [3.63, 3.8) is 0 Å². The fourth-order valence-electron chi connectivity index (χ4n) is 2.86. The first-order chi connectivity index (χ1) is 15.9. The summed E-state index contributed by atoms with van der Waals surface area (Å²) in [5, 5.41) is 4.07. The Balaban J connectivity index is 1.70. The number of carbonyl (C=O) groups is 1. The smallest absolute Gasteiger partial charge is 0.271 e. The molecular weight excluding hydrogens is 603 g/mol. The maximum Gasteiger partial charge on any atom is 0.271 e. The van der Waals surface area contributed by atoms with E-state index in [0.717, 1.165) is 19.2 Å². The fourth-order valence-corrected chi connectivity index (χ4v) is 3.90. The second-order valence-corrected chi connectivity index (χ2v) is 8.83. The molecule has 0 bridgehead atoms. The van der Waals surface area contributed by atoms with Crippen molar-refractivity contribution in [2.75, 3.05) is 21.3 Å². The number of methoxy groups -OCH3 is 3. The van der Waals surface area contributed by atoms with E-state index in [9.17, 15) is 4.79 Å². The molecule has 0 radical (unpaired) electrons. The fraction of sp³-hybridized carbons (Fsp3) is 0.167. The number of hydrogen-bond donors (Lipinski definition) is 1. The molecule has 0 heterocycles. The molecule has 0 saturated carbocycles. The van der Waals surface area contributed by atoms with Crippen LogP contribution in [0.3, 0.4) is 0 Å². The maximum atomic E-state index is 12.5. The average Bonchev–Trinajstić information content (AvgIpc) is 2.83. The van der Waals surface area contributed by atoms with E-state index < -0.39 is 0 Å². The number of carbonyl (C=O) groups excluding carboxylic acids is 1. The van der Waals surface area contributed by atoms with Crippen LogP contribution in [-0.4, -0.2) is 33.5 Å². The van der Waals surface area contributed by atoms with Gasteiger partial charge < -0.3 is 18.9 Å². The summed E-state index contributed by atoms with van der Waals surface area (Å²) in [6, 6.07) is 16.5. The minimum absolute atomic E-state index is 0.368. The molecule has 3 aromatic carbocycles. The zero-order chi connectivity index (χ0) is 23.8. The molecule has 0 aliphatic carbocycles. The minimum Gasteiger partial charge on any atom is -0.497 e. The summed E-state index contributed by atoms with van der Waals surface area (Å²) in [4.78, 5) is 12.5. The molecule has 3 rings (SSSR count). The Bertz CT molecular complexity index is 1130. The van der Waals surface area contributed by atoms with Gasteiger partial charge in [0.2, 0.25) is 0 Å². The highest BCUT2D eigenvalue weighted by Gasteiger charge is 2.12. The third kappa shape index (κ3) is 6.84. The first kappa shape index (κ1) is 24.8. The van der Waals surface area contributed by atoms with Gasteiger partial charge >= 0.3 is 0 Å². The highest BCUT2D eigenvalue weighted by Crippen LogP contribution is 2.34. The molecule has 0 aliphatic rings. The van der Waals surface area contributed by atoms with Crippen LogP contribution in [0.5, 0.6) is 23.0 Å². The Hall–Kier alpha value is -2.79. The summed E-state index contributed by atoms with van der Waals surface area (Å²) < 4.78 is 23.8. The van der Waals surface area contributed by atoms with Gasteiger partial charge in [-0.2, -0.15) is 5.10 Å². The van der Waals surface area contributed by atoms with E-state index in [1.54, 1.807) is 37.6 Å². The van der Waals surface area contributed by atoms with Gasteiger partial charge in [0.05, 0.1) is 31.1 Å². The van der Waals surface area contributed by atoms with Crippen LogP contribution in [0.2, 0.25) is 0 Å². The number of hydrogen-bond acceptors (Lipinski definition) is 6. The van der Waals surface area contributed by atoms with Gasteiger partial charge in [0.1, 0.15) is 18.1 Å². The summed E-state index contributed by atoms with van der Waals surface area (Å²) in [5.41, 5.74) is 4.67. The lowest BCUT2D eigenvalue weighted by Gasteiger charge is -2.13. The van der Waals surface area contributed by atoms with Gasteiger partial charge in [-0.05, 0) is 70.1 Å². The van der Waals surface area contributed by atoms with E-state index in [2.05, 4.69) is 49.0 Å². The van der Waals surface area contributed by atoms with Crippen molar-refractivity contribution in [1.82, 2.24) is 5.43 Å². The normalized spacial score (nSPS) is 10.7. The Kier molecular flexibility index (Phi) is 8.95. The number of nitrogens with one attached hydrogen (secondary N) is 1. The molecule has 172 valence electrons. The van der Waals surface area contributed by atoms with Crippen molar-refractivity contribution in [3.8, 4) is 23.0 Å². The molecule has 0 aromatic heterocycles. The Morgan fingerprint density at radius 3 is 2.27 bits per heavy atom. The van der Waals surface area contributed by atoms with E-state index >= 15 is 0 Å². The zero-order valence-electron chi connectivity index (χ0n) is 18.2. The van der Waals surface area contributed by atoms with E-state index in [1.807, 2.05) is 30.3 Å². The highest BCUT2D eigenvalue weighted by molar-refractivity contribution is 14.1. The number of hydrazone groups is 1. The Labute approximate surface area is 214 Å². The molecule has 0 aliphatic heterocycles. The second kappa shape index (κ2) is 11.9. The van der Waals surface area contributed by atoms with Crippen LogP contribution >= 0.6 is 38.5 Å². The molecular formula is C24H22BrIN2O5. The quantitative estimate of drug-likeness (QED) is 0.195. The average molecular weight is 625 g/mol. The molecule has 0 atom stereocenters. The lowest BCUT2D eigenvalue weighted by atomic mass is 10.2. The van der Waals surface area contributed by atoms with Gasteiger partial charge in [-0.1, -0.05) is 28.1 Å². The summed E-state index contributed by atoms with van der Waals surface area (Å²) in [6.07, 6.45) is 1.54. The zero-order valence-corrected chi connectivity index (χ0v) is 22.0. The van der Waals surface area contributed by atoms with Crippen LogP contribution in [0.1, 0.15) is 21.5 Å². The largest absolute Gasteiger partial charge is 0.497 e. The molecule has 7 nitrogen and oxygen atoms in total. The second-order valence-electron chi connectivity index (χ2n) is 6.75. The van der Waals surface area contributed by atoms with Gasteiger partial charge in [-0.15, -0.1) is 0 Å². The number of benzene rings is 3. The summed E-state index contributed by atoms with van der Waals surface area (Å²) >= 11 is 5.61. The van der Waals surface area contributed by atoms with Gasteiger partial charge in [-0.25, -0.2) is 5.43 Å². The van der Waals surface area contributed by atoms with E-state index in [0.29, 0.717) is 35.2 Å². The predicted molar refractivity (Wildman–Crippen MR) is 139 cm³/mol. The first-order valence-corrected chi connectivity index (χ1v) is 11.6. The van der Waals surface area contributed by atoms with E-state index in [-0.39, 0.29) is 5.91 Å². The van der Waals surface area contributed by atoms with Crippen molar-refractivity contribution >= 4 is 50.6 Å². The molecule has 3 aromatic rings. The maximum absolute atomic E-state index is 12.5. The van der Waals surface area contributed by atoms with E-state index in [4.69, 9.17) is 18.9 Å². The number of rotatable bonds is 9. The van der Waals surface area contributed by atoms with Crippen molar-refractivity contribution < 1.29 is 23.7 Å². The molecule has 0 fully saturated rings. The van der Waals surface area contributed by atoms with Crippen molar-refractivity contribution in [2.24, 2.45) is 5.10 Å². The number of halogens is 2. The van der Waals surface area contributed by atoms with Crippen LogP contribution in [0.4, 0.5) is 0 Å². The minimum atomic E-state index is -0.389.